The van der Waals surface area contributed by atoms with Crippen LogP contribution in [0.2, 0.25) is 0 Å². The molecule has 3 heterocycles. The number of benzene rings is 2. The number of hydrogen-bond donors (Lipinski definition) is 1. The van der Waals surface area contributed by atoms with Gasteiger partial charge < -0.3 is 19.2 Å². The Morgan fingerprint density at radius 2 is 2.00 bits per heavy atom. The molecule has 0 fully saturated rings. The molecular weight excluding hydrogens is 439 g/mol. The third-order valence-corrected chi connectivity index (χ3v) is 5.78. The van der Waals surface area contributed by atoms with Gasteiger partial charge in [0.15, 0.2) is 22.9 Å². The molecule has 0 unspecified atom stereocenters. The Morgan fingerprint density at radius 1 is 1.18 bits per heavy atom. The Kier molecular flexibility index (Phi) is 5.33. The predicted molar refractivity (Wildman–Crippen MR) is 121 cm³/mol. The largest absolute Gasteiger partial charge is 0.503 e. The van der Waals surface area contributed by atoms with E-state index in [1.807, 2.05) is 0 Å². The third kappa shape index (κ3) is 3.49. The molecule has 0 bridgehead atoms. The molecule has 34 heavy (non-hydrogen) atoms. The Labute approximate surface area is 193 Å². The van der Waals surface area contributed by atoms with Gasteiger partial charge in [0.2, 0.25) is 5.78 Å². The average Bonchev–Trinajstić information content (AvgIpc) is 3.40. The van der Waals surface area contributed by atoms with Gasteiger partial charge in [-0.2, -0.15) is 0 Å². The highest BCUT2D eigenvalue weighted by Crippen LogP contribution is 2.41. The van der Waals surface area contributed by atoms with Crippen molar-refractivity contribution in [1.29, 1.82) is 0 Å². The molecule has 0 saturated heterocycles. The average molecular weight is 458 g/mol. The fourth-order valence-electron chi connectivity index (χ4n) is 4.20. The number of ether oxygens (including phenoxy) is 1. The second-order valence-corrected chi connectivity index (χ2v) is 7.80. The monoisotopic (exact) mass is 458 g/mol. The van der Waals surface area contributed by atoms with Crippen molar-refractivity contribution in [2.45, 2.75) is 12.6 Å². The van der Waals surface area contributed by atoms with Crippen molar-refractivity contribution in [3.05, 3.63) is 107 Å². The van der Waals surface area contributed by atoms with Crippen molar-refractivity contribution >= 4 is 22.7 Å². The summed E-state index contributed by atoms with van der Waals surface area (Å²) in [4.78, 5) is 32.0. The number of aromatic nitrogens is 1. The van der Waals surface area contributed by atoms with Crippen LogP contribution in [0.5, 0.6) is 5.75 Å². The summed E-state index contributed by atoms with van der Waals surface area (Å²) in [5.74, 6) is -2.52. The van der Waals surface area contributed by atoms with Crippen molar-refractivity contribution < 1.29 is 28.2 Å². The van der Waals surface area contributed by atoms with Crippen LogP contribution in [0.25, 0.3) is 11.0 Å². The van der Waals surface area contributed by atoms with Crippen LogP contribution < -0.4 is 4.74 Å². The highest BCUT2D eigenvalue weighted by atomic mass is 19.1. The van der Waals surface area contributed by atoms with Gasteiger partial charge in [0.25, 0.3) is 5.91 Å². The first-order valence-electron chi connectivity index (χ1n) is 10.5. The number of para-hydroxylation sites is 1. The molecule has 1 atom stereocenters. The van der Waals surface area contributed by atoms with Crippen LogP contribution >= 0.6 is 0 Å². The minimum Gasteiger partial charge on any atom is -0.503 e. The van der Waals surface area contributed by atoms with Crippen LogP contribution in [0.1, 0.15) is 27.7 Å². The molecule has 0 aliphatic carbocycles. The van der Waals surface area contributed by atoms with Gasteiger partial charge in [-0.3, -0.25) is 14.6 Å². The van der Waals surface area contributed by atoms with E-state index in [0.717, 1.165) is 0 Å². The smallest absolute Gasteiger partial charge is 0.290 e. The van der Waals surface area contributed by atoms with Gasteiger partial charge >= 0.3 is 0 Å². The number of aliphatic hydroxyl groups is 1. The van der Waals surface area contributed by atoms with Crippen molar-refractivity contribution in [1.82, 2.24) is 9.88 Å². The van der Waals surface area contributed by atoms with E-state index >= 15 is 0 Å². The summed E-state index contributed by atoms with van der Waals surface area (Å²) < 4.78 is 26.0. The number of amides is 1. The second kappa shape index (κ2) is 8.47. The van der Waals surface area contributed by atoms with Gasteiger partial charge in [-0.15, -0.1) is 0 Å². The number of aliphatic hydroxyl groups excluding tert-OH is 1. The number of carbonyl (C=O) groups is 2. The third-order valence-electron chi connectivity index (χ3n) is 5.78. The second-order valence-electron chi connectivity index (χ2n) is 7.80. The summed E-state index contributed by atoms with van der Waals surface area (Å²) in [6.07, 6.45) is 3.15. The highest BCUT2D eigenvalue weighted by molar-refractivity contribution is 6.16. The van der Waals surface area contributed by atoms with Gasteiger partial charge in [0, 0.05) is 29.9 Å². The van der Waals surface area contributed by atoms with E-state index in [1.54, 1.807) is 48.8 Å². The molecule has 0 spiro atoms. The van der Waals surface area contributed by atoms with Crippen LogP contribution in [0.4, 0.5) is 4.39 Å². The summed E-state index contributed by atoms with van der Waals surface area (Å²) in [5, 5.41) is 11.4. The topological polar surface area (TPSA) is 92.9 Å². The molecule has 7 nitrogen and oxygen atoms in total. The number of pyridine rings is 1. The molecular formula is C26H19FN2O5. The van der Waals surface area contributed by atoms with Crippen molar-refractivity contribution in [3.63, 3.8) is 0 Å². The SMILES string of the molecule is COc1cccc2cc(C(=O)C3=C(O)C(=O)N(Cc4cccnc4)[C@H]3c3ccccc3F)oc12. The molecule has 1 aliphatic heterocycles. The number of halogens is 1. The zero-order valence-electron chi connectivity index (χ0n) is 18.1. The van der Waals surface area contributed by atoms with Gasteiger partial charge in [0.05, 0.1) is 18.7 Å². The van der Waals surface area contributed by atoms with Crippen LogP contribution in [0, 0.1) is 5.82 Å². The molecule has 1 N–H and O–H groups in total. The fourth-order valence-corrected chi connectivity index (χ4v) is 4.20. The molecule has 170 valence electrons. The van der Waals surface area contributed by atoms with E-state index in [2.05, 4.69) is 4.98 Å². The lowest BCUT2D eigenvalue weighted by atomic mass is 9.94. The quantitative estimate of drug-likeness (QED) is 0.419. The van der Waals surface area contributed by atoms with Crippen molar-refractivity contribution in [2.24, 2.45) is 0 Å². The number of rotatable bonds is 6. The number of nitrogens with zero attached hydrogens (tertiary/aromatic N) is 2. The summed E-state index contributed by atoms with van der Waals surface area (Å²) >= 11 is 0. The zero-order valence-corrected chi connectivity index (χ0v) is 18.1. The van der Waals surface area contributed by atoms with E-state index in [-0.39, 0.29) is 23.4 Å². The number of Topliss-reactive ketones (excluding diaryl/α,β-unsaturated/α-hetero) is 1. The van der Waals surface area contributed by atoms with Crippen LogP contribution in [-0.2, 0) is 11.3 Å². The molecule has 8 heteroatoms. The number of carbonyl (C=O) groups excluding carboxylic acids is 2. The summed E-state index contributed by atoms with van der Waals surface area (Å²) in [5.41, 5.74) is 0.845. The number of furan rings is 1. The Bertz CT molecular complexity index is 1440. The predicted octanol–water partition coefficient (Wildman–Crippen LogP) is 4.75. The van der Waals surface area contributed by atoms with E-state index in [9.17, 15) is 19.1 Å². The highest BCUT2D eigenvalue weighted by Gasteiger charge is 2.45. The normalized spacial score (nSPS) is 15.9. The van der Waals surface area contributed by atoms with Gasteiger partial charge in [-0.05, 0) is 29.8 Å². The Balaban J connectivity index is 1.62. The van der Waals surface area contributed by atoms with E-state index in [4.69, 9.17) is 9.15 Å². The first-order chi connectivity index (χ1) is 16.5. The summed E-state index contributed by atoms with van der Waals surface area (Å²) in [6, 6.07) is 14.8. The Hall–Kier alpha value is -4.46. The van der Waals surface area contributed by atoms with Crippen LogP contribution in [-0.4, -0.2) is 33.8 Å². The maximum Gasteiger partial charge on any atom is 0.290 e. The number of methoxy groups -OCH3 is 1. The maximum atomic E-state index is 14.9. The molecule has 1 amide bonds. The standard InChI is InChI=1S/C26H19FN2O5/c1-33-19-10-4-7-16-12-20(34-25(16)19)23(30)21-22(17-8-2-3-9-18(17)27)29(26(32)24(21)31)14-15-6-5-11-28-13-15/h2-13,22,31H,14H2,1H3/t22-/m0/s1. The minimum atomic E-state index is -1.16. The van der Waals surface area contributed by atoms with E-state index in [0.29, 0.717) is 22.3 Å². The van der Waals surface area contributed by atoms with Gasteiger partial charge in [-0.1, -0.05) is 36.4 Å². The molecule has 0 saturated carbocycles. The minimum absolute atomic E-state index is 0.0144. The molecule has 0 radical (unpaired) electrons. The van der Waals surface area contributed by atoms with Crippen molar-refractivity contribution in [3.8, 4) is 5.75 Å². The van der Waals surface area contributed by atoms with Crippen molar-refractivity contribution in [2.75, 3.05) is 7.11 Å². The molecule has 2 aromatic heterocycles. The van der Waals surface area contributed by atoms with Gasteiger partial charge in [-0.25, -0.2) is 4.39 Å². The first kappa shape index (κ1) is 21.4. The molecule has 4 aromatic rings. The first-order valence-corrected chi connectivity index (χ1v) is 10.5. The lowest BCUT2D eigenvalue weighted by Gasteiger charge is -2.27. The maximum absolute atomic E-state index is 14.9. The van der Waals surface area contributed by atoms with Crippen LogP contribution in [0.15, 0.2) is 88.8 Å². The number of fused-ring (bicyclic) bond motifs is 1. The molecule has 5 rings (SSSR count). The molecule has 1 aliphatic rings. The van der Waals surface area contributed by atoms with Gasteiger partial charge in [0.1, 0.15) is 5.82 Å². The Morgan fingerprint density at radius 3 is 2.74 bits per heavy atom. The summed E-state index contributed by atoms with van der Waals surface area (Å²) in [6.45, 7) is 0.0144. The lowest BCUT2D eigenvalue weighted by Crippen LogP contribution is -2.31. The lowest BCUT2D eigenvalue weighted by molar-refractivity contribution is -0.130. The number of hydrogen-bond acceptors (Lipinski definition) is 6. The fraction of sp³-hybridized carbons (Fsp3) is 0.115. The zero-order chi connectivity index (χ0) is 23.8. The van der Waals surface area contributed by atoms with E-state index in [1.165, 1.54) is 36.3 Å². The molecule has 2 aromatic carbocycles. The van der Waals surface area contributed by atoms with E-state index < -0.39 is 29.3 Å². The number of ketones is 1. The summed E-state index contributed by atoms with van der Waals surface area (Å²) in [7, 11) is 1.48. The van der Waals surface area contributed by atoms with Crippen LogP contribution in [0.3, 0.4) is 0 Å².